The molecule has 0 N–H and O–H groups in total. The van der Waals surface area contributed by atoms with Gasteiger partial charge in [0.2, 0.25) is 0 Å². The van der Waals surface area contributed by atoms with Gasteiger partial charge in [0.1, 0.15) is 0 Å². The highest BCUT2D eigenvalue weighted by Crippen LogP contribution is 2.43. The fourth-order valence-corrected chi connectivity index (χ4v) is 5.77. The van der Waals surface area contributed by atoms with E-state index in [9.17, 15) is 4.79 Å². The number of rotatable bonds is 5. The predicted octanol–water partition coefficient (Wildman–Crippen LogP) is 4.96. The van der Waals surface area contributed by atoms with Crippen molar-refractivity contribution in [3.05, 3.63) is 34.9 Å². The summed E-state index contributed by atoms with van der Waals surface area (Å²) >= 11 is 0. The number of carbonyl (C=O) groups excluding carboxylic acids is 1. The van der Waals surface area contributed by atoms with E-state index >= 15 is 0 Å². The van der Waals surface area contributed by atoms with Gasteiger partial charge in [-0.2, -0.15) is 0 Å². The third-order valence-corrected chi connectivity index (χ3v) is 7.26. The van der Waals surface area contributed by atoms with Gasteiger partial charge in [0.15, 0.2) is 0 Å². The van der Waals surface area contributed by atoms with E-state index in [1.54, 1.807) is 5.56 Å². The molecule has 3 atom stereocenters. The molecule has 4 nitrogen and oxygen atoms in total. The molecule has 3 aliphatic heterocycles. The summed E-state index contributed by atoms with van der Waals surface area (Å²) < 4.78 is 5.09. The summed E-state index contributed by atoms with van der Waals surface area (Å²) in [6.45, 7) is 5.41. The number of nitrogens with zero attached hydrogens (tertiary/aromatic N) is 2. The minimum atomic E-state index is -0.137. The molecule has 3 heterocycles. The molecule has 0 bridgehead atoms. The van der Waals surface area contributed by atoms with Gasteiger partial charge in [-0.05, 0) is 61.1 Å². The molecular weight excluding hydrogens is 348 g/mol. The number of likely N-dealkylation sites (tertiary alicyclic amines) is 1. The second kappa shape index (κ2) is 8.86. The van der Waals surface area contributed by atoms with E-state index < -0.39 is 0 Å². The van der Waals surface area contributed by atoms with Crippen molar-refractivity contribution in [2.24, 2.45) is 5.92 Å². The lowest BCUT2D eigenvalue weighted by Gasteiger charge is -2.51. The Bertz CT molecular complexity index is 689. The third-order valence-electron chi connectivity index (χ3n) is 7.26. The van der Waals surface area contributed by atoms with Crippen LogP contribution in [0.3, 0.4) is 0 Å². The maximum Gasteiger partial charge on any atom is 0.409 e. The zero-order chi connectivity index (χ0) is 19.5. The summed E-state index contributed by atoms with van der Waals surface area (Å²) in [5, 5.41) is 0. The number of fused-ring (bicyclic) bond motifs is 4. The molecule has 154 valence electrons. The van der Waals surface area contributed by atoms with Crippen LogP contribution in [0.2, 0.25) is 0 Å². The Labute approximate surface area is 170 Å². The molecule has 0 spiro atoms. The monoisotopic (exact) mass is 384 g/mol. The van der Waals surface area contributed by atoms with Crippen molar-refractivity contribution in [1.82, 2.24) is 9.80 Å². The zero-order valence-corrected chi connectivity index (χ0v) is 17.7. The fourth-order valence-electron chi connectivity index (χ4n) is 5.77. The number of ether oxygens (including phenoxy) is 1. The number of piperidine rings is 2. The Hall–Kier alpha value is -1.55. The van der Waals surface area contributed by atoms with E-state index in [1.165, 1.54) is 69.7 Å². The van der Waals surface area contributed by atoms with Gasteiger partial charge >= 0.3 is 6.09 Å². The quantitative estimate of drug-likeness (QED) is 0.673. The number of unbranched alkanes of at least 4 members (excludes halogenated alkanes) is 3. The maximum atomic E-state index is 12.3. The largest absolute Gasteiger partial charge is 0.453 e. The van der Waals surface area contributed by atoms with Gasteiger partial charge in [-0.25, -0.2) is 4.79 Å². The first-order chi connectivity index (χ1) is 13.7. The summed E-state index contributed by atoms with van der Waals surface area (Å²) in [7, 11) is 1.51. The first-order valence-electron chi connectivity index (χ1n) is 11.4. The summed E-state index contributed by atoms with van der Waals surface area (Å²) in [4.78, 5) is 17.0. The molecule has 1 amide bonds. The van der Waals surface area contributed by atoms with Gasteiger partial charge < -0.3 is 9.64 Å². The van der Waals surface area contributed by atoms with Crippen LogP contribution in [0.15, 0.2) is 18.2 Å². The highest BCUT2D eigenvalue weighted by Gasteiger charge is 2.44. The standard InChI is InChI=1S/C24H36N2O2/c1-3-4-5-6-8-18-10-11-21-19(15-18)12-14-25-17-20-9-7-13-26(24(27)28-2)22(20)16-23(21)25/h10-11,15,20,22-23H,3-9,12-14,16-17H2,1-2H3. The molecular formula is C24H36N2O2. The number of aryl methyl sites for hydroxylation is 1. The molecule has 3 unspecified atom stereocenters. The van der Waals surface area contributed by atoms with Gasteiger partial charge in [0.05, 0.1) is 7.11 Å². The lowest BCUT2D eigenvalue weighted by molar-refractivity contribution is -0.00841. The van der Waals surface area contributed by atoms with Gasteiger partial charge in [-0.15, -0.1) is 0 Å². The van der Waals surface area contributed by atoms with Gasteiger partial charge in [0.25, 0.3) is 0 Å². The number of benzene rings is 1. The smallest absolute Gasteiger partial charge is 0.409 e. The topological polar surface area (TPSA) is 32.8 Å². The Morgan fingerprint density at radius 1 is 1.21 bits per heavy atom. The lowest BCUT2D eigenvalue weighted by atomic mass is 9.76. The van der Waals surface area contributed by atoms with Crippen molar-refractivity contribution in [3.63, 3.8) is 0 Å². The van der Waals surface area contributed by atoms with Crippen LogP contribution in [0.25, 0.3) is 0 Å². The van der Waals surface area contributed by atoms with E-state index in [-0.39, 0.29) is 6.09 Å². The van der Waals surface area contributed by atoms with Crippen LogP contribution in [0, 0.1) is 5.92 Å². The van der Waals surface area contributed by atoms with E-state index in [4.69, 9.17) is 4.74 Å². The van der Waals surface area contributed by atoms with Crippen LogP contribution in [0.5, 0.6) is 0 Å². The molecule has 2 fully saturated rings. The van der Waals surface area contributed by atoms with Crippen molar-refractivity contribution in [2.45, 2.75) is 76.8 Å². The molecule has 1 aromatic carbocycles. The molecule has 0 saturated carbocycles. The molecule has 0 radical (unpaired) electrons. The summed E-state index contributed by atoms with van der Waals surface area (Å²) in [6, 6.07) is 8.03. The molecule has 2 saturated heterocycles. The molecule has 0 aliphatic carbocycles. The average Bonchev–Trinajstić information content (AvgIpc) is 2.74. The van der Waals surface area contributed by atoms with E-state index in [1.807, 2.05) is 4.90 Å². The molecule has 1 aromatic rings. The first kappa shape index (κ1) is 19.8. The van der Waals surface area contributed by atoms with Crippen LogP contribution in [-0.4, -0.2) is 48.7 Å². The van der Waals surface area contributed by atoms with Crippen LogP contribution >= 0.6 is 0 Å². The number of hydrogen-bond acceptors (Lipinski definition) is 3. The van der Waals surface area contributed by atoms with Gasteiger partial charge in [-0.1, -0.05) is 44.4 Å². The second-order valence-corrected chi connectivity index (χ2v) is 8.97. The minimum Gasteiger partial charge on any atom is -0.453 e. The Morgan fingerprint density at radius 3 is 2.93 bits per heavy atom. The Balaban J connectivity index is 1.49. The van der Waals surface area contributed by atoms with Crippen molar-refractivity contribution >= 4 is 6.09 Å². The molecule has 3 aliphatic rings. The first-order valence-corrected chi connectivity index (χ1v) is 11.4. The normalized spacial score (nSPS) is 26.9. The maximum absolute atomic E-state index is 12.3. The Morgan fingerprint density at radius 2 is 2.11 bits per heavy atom. The number of carbonyl (C=O) groups is 1. The van der Waals surface area contributed by atoms with Crippen LogP contribution in [0.1, 0.15) is 74.6 Å². The van der Waals surface area contributed by atoms with E-state index in [0.717, 1.165) is 25.9 Å². The minimum absolute atomic E-state index is 0.137. The van der Waals surface area contributed by atoms with Gasteiger partial charge in [0, 0.05) is 31.7 Å². The molecule has 4 heteroatoms. The van der Waals surface area contributed by atoms with Crippen molar-refractivity contribution in [1.29, 1.82) is 0 Å². The van der Waals surface area contributed by atoms with E-state index in [0.29, 0.717) is 18.0 Å². The second-order valence-electron chi connectivity index (χ2n) is 8.97. The van der Waals surface area contributed by atoms with Crippen molar-refractivity contribution in [2.75, 3.05) is 26.7 Å². The summed E-state index contributed by atoms with van der Waals surface area (Å²) in [5.74, 6) is 0.600. The highest BCUT2D eigenvalue weighted by atomic mass is 16.5. The molecule has 28 heavy (non-hydrogen) atoms. The third kappa shape index (κ3) is 3.94. The van der Waals surface area contributed by atoms with Gasteiger partial charge in [-0.3, -0.25) is 4.90 Å². The number of amides is 1. The van der Waals surface area contributed by atoms with Crippen LogP contribution < -0.4 is 0 Å². The molecule has 0 aromatic heterocycles. The van der Waals surface area contributed by atoms with Crippen LogP contribution in [0.4, 0.5) is 4.79 Å². The SMILES string of the molecule is CCCCCCc1ccc2c(c1)CCN1CC3CCCN(C(=O)OC)C3CC21. The van der Waals surface area contributed by atoms with Crippen LogP contribution in [-0.2, 0) is 17.6 Å². The summed E-state index contributed by atoms with van der Waals surface area (Å²) in [6.07, 6.45) is 10.9. The lowest BCUT2D eigenvalue weighted by Crippen LogP contribution is -2.57. The number of methoxy groups -OCH3 is 1. The van der Waals surface area contributed by atoms with Crippen molar-refractivity contribution in [3.8, 4) is 0 Å². The summed E-state index contributed by atoms with van der Waals surface area (Å²) in [5.41, 5.74) is 4.57. The number of hydrogen-bond donors (Lipinski definition) is 0. The Kier molecular flexibility index (Phi) is 6.25. The predicted molar refractivity (Wildman–Crippen MR) is 113 cm³/mol. The van der Waals surface area contributed by atoms with E-state index in [2.05, 4.69) is 30.0 Å². The fraction of sp³-hybridized carbons (Fsp3) is 0.708. The highest BCUT2D eigenvalue weighted by molar-refractivity contribution is 5.68. The average molecular weight is 385 g/mol. The molecule has 4 rings (SSSR count). The zero-order valence-electron chi connectivity index (χ0n) is 17.7. The van der Waals surface area contributed by atoms with Crippen molar-refractivity contribution < 1.29 is 9.53 Å².